The normalized spacial score (nSPS) is 19.9. The van der Waals surface area contributed by atoms with E-state index < -0.39 is 17.7 Å². The number of aryl methyl sites for hydroxylation is 2. The summed E-state index contributed by atoms with van der Waals surface area (Å²) >= 11 is 1.36. The molecule has 0 saturated carbocycles. The van der Waals surface area contributed by atoms with Crippen LogP contribution in [0, 0.1) is 13.8 Å². The van der Waals surface area contributed by atoms with Gasteiger partial charge in [-0.15, -0.1) is 0 Å². The molecule has 2 aliphatic heterocycles. The summed E-state index contributed by atoms with van der Waals surface area (Å²) in [6.45, 7) is 8.34. The van der Waals surface area contributed by atoms with E-state index in [4.69, 9.17) is 14.5 Å². The molecule has 1 aromatic heterocycles. The zero-order chi connectivity index (χ0) is 27.4. The average molecular weight is 541 g/mol. The Morgan fingerprint density at radius 1 is 1.15 bits per heavy atom. The largest absolute Gasteiger partial charge is 0.507 e. The van der Waals surface area contributed by atoms with Gasteiger partial charge >= 0.3 is 5.91 Å². The third-order valence-electron chi connectivity index (χ3n) is 7.12. The Morgan fingerprint density at radius 2 is 1.97 bits per heavy atom. The van der Waals surface area contributed by atoms with Gasteiger partial charge in [0.05, 0.1) is 28.4 Å². The predicted molar refractivity (Wildman–Crippen MR) is 152 cm³/mol. The van der Waals surface area contributed by atoms with Crippen LogP contribution in [0.2, 0.25) is 0 Å². The van der Waals surface area contributed by atoms with Gasteiger partial charge in [-0.25, -0.2) is 4.98 Å². The van der Waals surface area contributed by atoms with E-state index in [0.717, 1.165) is 32.7 Å². The van der Waals surface area contributed by atoms with Crippen LogP contribution >= 0.6 is 11.3 Å². The fourth-order valence-corrected chi connectivity index (χ4v) is 6.64. The zero-order valence-electron chi connectivity index (χ0n) is 22.1. The number of amides is 1. The summed E-state index contributed by atoms with van der Waals surface area (Å²) in [6.07, 6.45) is 0.741. The van der Waals surface area contributed by atoms with Crippen molar-refractivity contribution in [1.82, 2.24) is 4.98 Å². The molecule has 0 bridgehead atoms. The quantitative estimate of drug-likeness (QED) is 0.183. The highest BCUT2D eigenvalue weighted by Crippen LogP contribution is 2.45. The van der Waals surface area contributed by atoms with Crippen molar-refractivity contribution in [3.8, 4) is 11.5 Å². The standard InChI is InChI=1S/C31H28N2O5S/c1-5-37-22-8-6-7-19(15-22)27-25(28(34)20-9-10-23-21(14-20)13-18(4)38-23)29(35)30(36)33(27)31-32-26-17(3)11-16(2)12-24(26)39-31/h6-12,14-15,18,27,34H,5,13H2,1-4H3/b28-25+/t18-,27-/m1/s1. The molecule has 0 unspecified atom stereocenters. The second kappa shape index (κ2) is 9.54. The fraction of sp³-hybridized carbons (Fsp3) is 0.258. The lowest BCUT2D eigenvalue weighted by Gasteiger charge is -2.23. The molecule has 1 fully saturated rings. The number of aliphatic hydroxyl groups is 1. The highest BCUT2D eigenvalue weighted by Gasteiger charge is 2.48. The minimum atomic E-state index is -0.879. The molecule has 1 amide bonds. The van der Waals surface area contributed by atoms with Crippen molar-refractivity contribution < 1.29 is 24.2 Å². The summed E-state index contributed by atoms with van der Waals surface area (Å²) in [7, 11) is 0. The Labute approximate surface area is 230 Å². The van der Waals surface area contributed by atoms with Gasteiger partial charge in [0.1, 0.15) is 23.4 Å². The molecule has 3 aromatic carbocycles. The first-order valence-corrected chi connectivity index (χ1v) is 13.8. The number of nitrogens with zero attached hydrogens (tertiary/aromatic N) is 2. The Hall–Kier alpha value is -4.17. The Kier molecular flexibility index (Phi) is 6.14. The van der Waals surface area contributed by atoms with Gasteiger partial charge in [0, 0.05) is 12.0 Å². The van der Waals surface area contributed by atoms with E-state index in [-0.39, 0.29) is 17.4 Å². The van der Waals surface area contributed by atoms with Crippen LogP contribution in [0.3, 0.4) is 0 Å². The van der Waals surface area contributed by atoms with Gasteiger partial charge in [-0.1, -0.05) is 29.5 Å². The number of Topliss-reactive ketones (excluding diaryl/α,β-unsaturated/α-hetero) is 1. The monoisotopic (exact) mass is 540 g/mol. The fourth-order valence-electron chi connectivity index (χ4n) is 5.47. The maximum Gasteiger partial charge on any atom is 0.301 e. The number of carbonyl (C=O) groups excluding carboxylic acids is 2. The van der Waals surface area contributed by atoms with Crippen molar-refractivity contribution in [1.29, 1.82) is 0 Å². The molecule has 2 aliphatic rings. The summed E-state index contributed by atoms with van der Waals surface area (Å²) in [4.78, 5) is 33.5. The number of anilines is 1. The molecule has 39 heavy (non-hydrogen) atoms. The third-order valence-corrected chi connectivity index (χ3v) is 8.13. The lowest BCUT2D eigenvalue weighted by atomic mass is 9.94. The number of hydrogen-bond acceptors (Lipinski definition) is 7. The average Bonchev–Trinajstić information content (AvgIpc) is 3.56. The van der Waals surface area contributed by atoms with E-state index in [0.29, 0.717) is 35.0 Å². The maximum absolute atomic E-state index is 13.7. The molecule has 0 radical (unpaired) electrons. The molecule has 7 nitrogen and oxygen atoms in total. The molecule has 6 rings (SSSR count). The molecule has 0 spiro atoms. The highest BCUT2D eigenvalue weighted by atomic mass is 32.1. The van der Waals surface area contributed by atoms with Crippen molar-refractivity contribution in [2.45, 2.75) is 46.3 Å². The number of aromatic nitrogens is 1. The van der Waals surface area contributed by atoms with Crippen LogP contribution in [0.15, 0.2) is 60.2 Å². The van der Waals surface area contributed by atoms with Gasteiger partial charge in [0.15, 0.2) is 5.13 Å². The smallest absolute Gasteiger partial charge is 0.301 e. The van der Waals surface area contributed by atoms with Crippen LogP contribution in [0.25, 0.3) is 16.0 Å². The molecule has 0 aliphatic carbocycles. The number of benzene rings is 3. The maximum atomic E-state index is 13.7. The van der Waals surface area contributed by atoms with Crippen LogP contribution in [-0.2, 0) is 16.0 Å². The molecule has 3 heterocycles. The first-order valence-electron chi connectivity index (χ1n) is 13.0. The molecular weight excluding hydrogens is 512 g/mol. The van der Waals surface area contributed by atoms with Gasteiger partial charge in [-0.3, -0.25) is 14.5 Å². The van der Waals surface area contributed by atoms with Crippen LogP contribution in [-0.4, -0.2) is 34.5 Å². The summed E-state index contributed by atoms with van der Waals surface area (Å²) in [5.74, 6) is -0.328. The van der Waals surface area contributed by atoms with E-state index >= 15 is 0 Å². The van der Waals surface area contributed by atoms with Crippen LogP contribution < -0.4 is 14.4 Å². The first kappa shape index (κ1) is 25.1. The number of rotatable bonds is 5. The van der Waals surface area contributed by atoms with Crippen molar-refractivity contribution in [2.24, 2.45) is 0 Å². The molecule has 2 atom stereocenters. The van der Waals surface area contributed by atoms with Gasteiger partial charge in [-0.2, -0.15) is 0 Å². The summed E-state index contributed by atoms with van der Waals surface area (Å²) in [6, 6.07) is 15.8. The summed E-state index contributed by atoms with van der Waals surface area (Å²) < 4.78 is 12.5. The Bertz CT molecular complexity index is 1690. The van der Waals surface area contributed by atoms with Crippen molar-refractivity contribution >= 4 is 44.1 Å². The number of ether oxygens (including phenoxy) is 2. The van der Waals surface area contributed by atoms with Gasteiger partial charge in [0.25, 0.3) is 5.78 Å². The van der Waals surface area contributed by atoms with Crippen molar-refractivity contribution in [3.63, 3.8) is 0 Å². The molecule has 8 heteroatoms. The lowest BCUT2D eigenvalue weighted by Crippen LogP contribution is -2.29. The molecule has 4 aromatic rings. The third kappa shape index (κ3) is 4.25. The Morgan fingerprint density at radius 3 is 2.77 bits per heavy atom. The van der Waals surface area contributed by atoms with Gasteiger partial charge in [0.2, 0.25) is 0 Å². The number of hydrogen-bond donors (Lipinski definition) is 1. The zero-order valence-corrected chi connectivity index (χ0v) is 23.0. The Balaban J connectivity index is 1.55. The lowest BCUT2D eigenvalue weighted by molar-refractivity contribution is -0.132. The molecule has 1 N–H and O–H groups in total. The minimum Gasteiger partial charge on any atom is -0.507 e. The molecule has 198 valence electrons. The molecule has 1 saturated heterocycles. The number of ketones is 1. The van der Waals surface area contributed by atoms with E-state index in [9.17, 15) is 14.7 Å². The van der Waals surface area contributed by atoms with Gasteiger partial charge in [-0.05, 0) is 86.3 Å². The van der Waals surface area contributed by atoms with Crippen molar-refractivity contribution in [3.05, 3.63) is 88.0 Å². The molecular formula is C31H28N2O5S. The van der Waals surface area contributed by atoms with E-state index in [1.165, 1.54) is 16.2 Å². The summed E-state index contributed by atoms with van der Waals surface area (Å²) in [5.41, 5.74) is 4.96. The van der Waals surface area contributed by atoms with Gasteiger partial charge < -0.3 is 14.6 Å². The number of carbonyl (C=O) groups is 2. The SMILES string of the molecule is CCOc1cccc([C@@H]2/C(=C(\O)c3ccc4c(c3)C[C@@H](C)O4)C(=O)C(=O)N2c2nc3c(C)cc(C)cc3s2)c1. The highest BCUT2D eigenvalue weighted by molar-refractivity contribution is 7.22. The van der Waals surface area contributed by atoms with Crippen LogP contribution in [0.1, 0.15) is 47.7 Å². The van der Waals surface area contributed by atoms with E-state index in [1.54, 1.807) is 18.2 Å². The number of fused-ring (bicyclic) bond motifs is 2. The second-order valence-corrected chi connectivity index (χ2v) is 11.1. The summed E-state index contributed by atoms with van der Waals surface area (Å²) in [5, 5.41) is 12.0. The number of thiazole rings is 1. The van der Waals surface area contributed by atoms with E-state index in [2.05, 4.69) is 0 Å². The number of aliphatic hydroxyl groups excluding tert-OH is 1. The second-order valence-electron chi connectivity index (χ2n) is 10.1. The van der Waals surface area contributed by atoms with Crippen LogP contribution in [0.4, 0.5) is 5.13 Å². The van der Waals surface area contributed by atoms with Crippen LogP contribution in [0.5, 0.6) is 11.5 Å². The van der Waals surface area contributed by atoms with E-state index in [1.807, 2.05) is 64.1 Å². The topological polar surface area (TPSA) is 89.0 Å². The predicted octanol–water partition coefficient (Wildman–Crippen LogP) is 6.26. The minimum absolute atomic E-state index is 0.0210. The first-order chi connectivity index (χ1) is 18.7. The van der Waals surface area contributed by atoms with Crippen molar-refractivity contribution in [2.75, 3.05) is 11.5 Å².